The Hall–Kier alpha value is -2.68. The maximum absolute atomic E-state index is 8.95. The van der Waals surface area contributed by atoms with E-state index >= 15 is 0 Å². The highest BCUT2D eigenvalue weighted by Gasteiger charge is 2.18. The molecule has 3 aromatic carbocycles. The van der Waals surface area contributed by atoms with E-state index in [0.29, 0.717) is 0 Å². The molecule has 1 aliphatic carbocycles. The number of carbonyl (C=O) groups is 2. The molecule has 0 amide bonds. The Balaban J connectivity index is 0.000000300. The van der Waals surface area contributed by atoms with Crippen molar-refractivity contribution in [3.63, 3.8) is 0 Å². The standard InChI is InChI=1S/C19H18.C2H2O3/c1-13-5-4-8-17-15(13)11-12-18-16-7-3-2-6-14(16)9-10-19(17)18;3-1-5-2-4/h2-3,6-7,9-13H,4-5,8H2,1H3;1-2H. The Labute approximate surface area is 141 Å². The van der Waals surface area contributed by atoms with E-state index in [2.05, 4.69) is 60.2 Å². The number of carbonyl (C=O) groups excluding carboxylic acids is 2. The maximum atomic E-state index is 8.95. The SMILES string of the molecule is CC1CCCc2c1ccc1c2ccc2ccccc21.O=COC=O. The Morgan fingerprint density at radius 1 is 0.917 bits per heavy atom. The van der Waals surface area contributed by atoms with Gasteiger partial charge in [0.05, 0.1) is 0 Å². The molecule has 1 atom stereocenters. The third-order valence-electron chi connectivity index (χ3n) is 4.78. The molecule has 24 heavy (non-hydrogen) atoms. The van der Waals surface area contributed by atoms with Crippen LogP contribution < -0.4 is 0 Å². The molecule has 0 spiro atoms. The summed E-state index contributed by atoms with van der Waals surface area (Å²) in [5.74, 6) is 0.722. The van der Waals surface area contributed by atoms with Gasteiger partial charge in [0, 0.05) is 0 Å². The number of aryl methyl sites for hydroxylation is 1. The highest BCUT2D eigenvalue weighted by atomic mass is 16.6. The molecule has 0 aliphatic heterocycles. The summed E-state index contributed by atoms with van der Waals surface area (Å²) in [6.45, 7) is 2.49. The van der Waals surface area contributed by atoms with E-state index in [0.717, 1.165) is 5.92 Å². The molecule has 1 aliphatic rings. The van der Waals surface area contributed by atoms with Gasteiger partial charge in [-0.05, 0) is 57.9 Å². The van der Waals surface area contributed by atoms with Crippen LogP contribution in [0.3, 0.4) is 0 Å². The van der Waals surface area contributed by atoms with Gasteiger partial charge in [-0.1, -0.05) is 55.5 Å². The normalized spacial score (nSPS) is 16.0. The molecule has 3 heteroatoms. The van der Waals surface area contributed by atoms with E-state index < -0.39 is 0 Å². The van der Waals surface area contributed by atoms with E-state index in [1.165, 1.54) is 40.8 Å². The van der Waals surface area contributed by atoms with Crippen molar-refractivity contribution < 1.29 is 14.3 Å². The van der Waals surface area contributed by atoms with Gasteiger partial charge < -0.3 is 4.74 Å². The number of ether oxygens (including phenoxy) is 1. The lowest BCUT2D eigenvalue weighted by molar-refractivity contribution is -0.141. The zero-order chi connectivity index (χ0) is 16.9. The topological polar surface area (TPSA) is 43.4 Å². The van der Waals surface area contributed by atoms with Crippen LogP contribution in [0.15, 0.2) is 48.5 Å². The van der Waals surface area contributed by atoms with Gasteiger partial charge in [0.2, 0.25) is 0 Å². The van der Waals surface area contributed by atoms with Crippen LogP contribution in [-0.2, 0) is 20.7 Å². The first kappa shape index (κ1) is 16.2. The third-order valence-corrected chi connectivity index (χ3v) is 4.78. The number of hydrogen-bond acceptors (Lipinski definition) is 3. The van der Waals surface area contributed by atoms with Crippen molar-refractivity contribution in [3.8, 4) is 0 Å². The molecule has 0 saturated heterocycles. The first-order valence-corrected chi connectivity index (χ1v) is 8.22. The predicted octanol–water partition coefficient (Wildman–Crippen LogP) is 4.75. The van der Waals surface area contributed by atoms with Gasteiger partial charge in [0.25, 0.3) is 0 Å². The lowest BCUT2D eigenvalue weighted by atomic mass is 9.81. The molecule has 0 saturated carbocycles. The van der Waals surface area contributed by atoms with Crippen LogP contribution >= 0.6 is 0 Å². The van der Waals surface area contributed by atoms with Gasteiger partial charge in [-0.2, -0.15) is 0 Å². The summed E-state index contributed by atoms with van der Waals surface area (Å²) in [6.07, 6.45) is 3.92. The first-order valence-electron chi connectivity index (χ1n) is 8.22. The maximum Gasteiger partial charge on any atom is 0.300 e. The number of rotatable bonds is 2. The molecule has 4 rings (SSSR count). The molecule has 0 aromatic heterocycles. The Morgan fingerprint density at radius 2 is 1.67 bits per heavy atom. The van der Waals surface area contributed by atoms with E-state index in [1.807, 2.05) is 0 Å². The molecule has 0 radical (unpaired) electrons. The van der Waals surface area contributed by atoms with Crippen molar-refractivity contribution in [2.45, 2.75) is 32.1 Å². The lowest BCUT2D eigenvalue weighted by Gasteiger charge is -2.24. The van der Waals surface area contributed by atoms with Gasteiger partial charge in [-0.3, -0.25) is 9.59 Å². The van der Waals surface area contributed by atoms with Gasteiger partial charge in [-0.15, -0.1) is 0 Å². The first-order chi connectivity index (χ1) is 11.8. The minimum absolute atomic E-state index is 0.0625. The fraction of sp³-hybridized carbons (Fsp3) is 0.238. The monoisotopic (exact) mass is 320 g/mol. The molecule has 3 aromatic rings. The largest absolute Gasteiger partial charge is 0.398 e. The highest BCUT2D eigenvalue weighted by Crippen LogP contribution is 2.37. The van der Waals surface area contributed by atoms with Crippen molar-refractivity contribution in [3.05, 3.63) is 59.7 Å². The second-order valence-electron chi connectivity index (χ2n) is 6.14. The van der Waals surface area contributed by atoms with Gasteiger partial charge in [0.15, 0.2) is 0 Å². The molecule has 122 valence electrons. The smallest absolute Gasteiger partial charge is 0.300 e. The van der Waals surface area contributed by atoms with Crippen molar-refractivity contribution in [1.82, 2.24) is 0 Å². The van der Waals surface area contributed by atoms with Crippen LogP contribution in [0.4, 0.5) is 0 Å². The summed E-state index contributed by atoms with van der Waals surface area (Å²) in [7, 11) is 0. The van der Waals surface area contributed by atoms with E-state index in [4.69, 9.17) is 9.59 Å². The average Bonchev–Trinajstić information content (AvgIpc) is 2.63. The molecule has 1 unspecified atom stereocenters. The lowest BCUT2D eigenvalue weighted by Crippen LogP contribution is -2.07. The van der Waals surface area contributed by atoms with Gasteiger partial charge >= 0.3 is 12.9 Å². The second-order valence-corrected chi connectivity index (χ2v) is 6.14. The van der Waals surface area contributed by atoms with Crippen LogP contribution in [0.2, 0.25) is 0 Å². The second kappa shape index (κ2) is 7.26. The average molecular weight is 320 g/mol. The molecular weight excluding hydrogens is 300 g/mol. The molecule has 0 N–H and O–H groups in total. The van der Waals surface area contributed by atoms with Crippen LogP contribution in [-0.4, -0.2) is 12.9 Å². The van der Waals surface area contributed by atoms with Crippen molar-refractivity contribution in [2.75, 3.05) is 0 Å². The minimum atomic E-state index is 0.0625. The molecular formula is C21H20O3. The highest BCUT2D eigenvalue weighted by molar-refractivity contribution is 6.08. The predicted molar refractivity (Wildman–Crippen MR) is 96.0 cm³/mol. The van der Waals surface area contributed by atoms with Gasteiger partial charge in [-0.25, -0.2) is 0 Å². The summed E-state index contributed by atoms with van der Waals surface area (Å²) in [4.78, 5) is 17.9. The Kier molecular flexibility index (Phi) is 4.90. The fourth-order valence-electron chi connectivity index (χ4n) is 3.67. The number of hydrogen-bond donors (Lipinski definition) is 0. The van der Waals surface area contributed by atoms with Crippen LogP contribution in [0.5, 0.6) is 0 Å². The molecule has 0 fully saturated rings. The van der Waals surface area contributed by atoms with Crippen molar-refractivity contribution in [2.24, 2.45) is 0 Å². The number of fused-ring (bicyclic) bond motifs is 5. The Bertz CT molecular complexity index is 877. The van der Waals surface area contributed by atoms with Crippen LogP contribution in [0, 0.1) is 0 Å². The third kappa shape index (κ3) is 3.02. The van der Waals surface area contributed by atoms with E-state index in [9.17, 15) is 0 Å². The van der Waals surface area contributed by atoms with E-state index in [1.54, 1.807) is 11.1 Å². The molecule has 0 bridgehead atoms. The Morgan fingerprint density at radius 3 is 2.42 bits per heavy atom. The summed E-state index contributed by atoms with van der Waals surface area (Å²) in [5.41, 5.74) is 3.18. The number of benzene rings is 3. The summed E-state index contributed by atoms with van der Waals surface area (Å²) >= 11 is 0. The summed E-state index contributed by atoms with van der Waals surface area (Å²) in [6, 6.07) is 18.0. The molecule has 3 nitrogen and oxygen atoms in total. The zero-order valence-electron chi connectivity index (χ0n) is 13.7. The van der Waals surface area contributed by atoms with Crippen LogP contribution in [0.25, 0.3) is 21.5 Å². The summed E-state index contributed by atoms with van der Waals surface area (Å²) in [5, 5.41) is 5.63. The van der Waals surface area contributed by atoms with Crippen LogP contribution in [0.1, 0.15) is 36.8 Å². The van der Waals surface area contributed by atoms with E-state index in [-0.39, 0.29) is 12.9 Å². The minimum Gasteiger partial charge on any atom is -0.398 e. The van der Waals surface area contributed by atoms with Crippen molar-refractivity contribution >= 4 is 34.5 Å². The summed E-state index contributed by atoms with van der Waals surface area (Å²) < 4.78 is 3.47. The van der Waals surface area contributed by atoms with Gasteiger partial charge in [0.1, 0.15) is 0 Å². The fourth-order valence-corrected chi connectivity index (χ4v) is 3.67. The zero-order valence-corrected chi connectivity index (χ0v) is 13.7. The van der Waals surface area contributed by atoms with Crippen molar-refractivity contribution in [1.29, 1.82) is 0 Å². The quantitative estimate of drug-likeness (QED) is 0.389. The molecule has 0 heterocycles.